The third-order valence-corrected chi connectivity index (χ3v) is 25.2. The molecule has 0 saturated carbocycles. The molecule has 11 aromatic rings. The molecule has 0 fully saturated rings. The molecule has 0 saturated heterocycles. The number of benzene rings is 11. The van der Waals surface area contributed by atoms with E-state index >= 15 is 0 Å². The molecule has 674 valence electrons. The number of aryl methyl sites for hydroxylation is 2. The summed E-state index contributed by atoms with van der Waals surface area (Å²) in [7, 11) is 3.04. The first kappa shape index (κ1) is 93.6. The minimum Gasteiger partial charge on any atom is -0.496 e. The van der Waals surface area contributed by atoms with Gasteiger partial charge in [0.15, 0.2) is 0 Å². The van der Waals surface area contributed by atoms with Gasteiger partial charge in [-0.15, -0.1) is 0 Å². The van der Waals surface area contributed by atoms with E-state index in [2.05, 4.69) is 124 Å². The maximum atomic E-state index is 13.9. The highest BCUT2D eigenvalue weighted by Gasteiger charge is 2.50. The molecule has 0 radical (unpaired) electrons. The first-order valence-corrected chi connectivity index (χ1v) is 44.9. The van der Waals surface area contributed by atoms with Crippen LogP contribution in [0.25, 0.3) is 55.6 Å². The lowest BCUT2D eigenvalue weighted by atomic mass is 9.66. The highest BCUT2D eigenvalue weighted by molar-refractivity contribution is 5.98. The maximum absolute atomic E-state index is 13.9. The van der Waals surface area contributed by atoms with E-state index < -0.39 is 40.1 Å². The number of hydrogen-bond donors (Lipinski definition) is 6. The quantitative estimate of drug-likeness (QED) is 0.0193. The summed E-state index contributed by atoms with van der Waals surface area (Å²) in [6, 6.07) is 71.0. The predicted molar refractivity (Wildman–Crippen MR) is 495 cm³/mol. The van der Waals surface area contributed by atoms with Gasteiger partial charge in [-0.3, -0.25) is 0 Å². The van der Waals surface area contributed by atoms with Gasteiger partial charge in [-0.2, -0.15) is 0 Å². The number of carbonyl (C=O) groups is 4. The van der Waals surface area contributed by atoms with Crippen molar-refractivity contribution in [2.45, 2.75) is 114 Å². The van der Waals surface area contributed by atoms with Crippen molar-refractivity contribution < 1.29 is 102 Å². The zero-order chi connectivity index (χ0) is 90.4. The molecular weight excluding hydrogens is 1630 g/mol. The van der Waals surface area contributed by atoms with E-state index in [1.54, 1.807) is 55.6 Å². The van der Waals surface area contributed by atoms with Crippen LogP contribution in [-0.2, 0) is 84.9 Å². The van der Waals surface area contributed by atoms with Crippen molar-refractivity contribution in [1.29, 1.82) is 0 Å². The van der Waals surface area contributed by atoms with Gasteiger partial charge in [0.1, 0.15) is 29.2 Å². The topological polar surface area (TPSA) is 291 Å². The predicted octanol–water partition coefficient (Wildman–Crippen LogP) is 19.3. The second kappa shape index (κ2) is 44.2. The second-order valence-corrected chi connectivity index (χ2v) is 33.1. The first-order chi connectivity index (χ1) is 63.0. The Labute approximate surface area is 754 Å². The number of carboxylic acid groups (broad SMARTS) is 4. The largest absolute Gasteiger partial charge is 0.496 e. The average molecular weight is 1750 g/mol. The molecule has 129 heavy (non-hydrogen) atoms. The Hall–Kier alpha value is -11.5. The van der Waals surface area contributed by atoms with Gasteiger partial charge < -0.3 is 82.7 Å². The molecular formula is C108H116O21. The highest BCUT2D eigenvalue weighted by atomic mass is 16.6. The van der Waals surface area contributed by atoms with Crippen LogP contribution in [0.4, 0.5) is 0 Å². The zero-order valence-corrected chi connectivity index (χ0v) is 74.2. The number of aromatic carboxylic acids is 4. The number of aliphatic hydroxyl groups excluding tert-OH is 2. The third kappa shape index (κ3) is 20.1. The van der Waals surface area contributed by atoms with Crippen LogP contribution < -0.4 is 9.47 Å². The maximum Gasteiger partial charge on any atom is 0.339 e. The normalized spacial score (nSPS) is 15.6. The molecule has 0 bridgehead atoms. The Kier molecular flexibility index (Phi) is 32.1. The molecule has 3 atom stereocenters. The number of carboxylic acids is 4. The third-order valence-electron chi connectivity index (χ3n) is 25.2. The molecule has 3 unspecified atom stereocenters. The summed E-state index contributed by atoms with van der Waals surface area (Å²) in [5, 5.41) is 63.2. The summed E-state index contributed by atoms with van der Waals surface area (Å²) in [5.74, 6) is -4.48. The van der Waals surface area contributed by atoms with Crippen LogP contribution in [0, 0.1) is 0 Å². The molecule has 3 aliphatic carbocycles. The average Bonchev–Trinajstić information content (AvgIpc) is 1.54. The molecule has 0 aliphatic heterocycles. The van der Waals surface area contributed by atoms with Gasteiger partial charge >= 0.3 is 23.9 Å². The van der Waals surface area contributed by atoms with Crippen LogP contribution in [0.15, 0.2) is 212 Å². The van der Waals surface area contributed by atoms with Crippen molar-refractivity contribution >= 4 is 23.9 Å². The first-order valence-electron chi connectivity index (χ1n) is 44.9. The van der Waals surface area contributed by atoms with Crippen LogP contribution in [0.3, 0.4) is 0 Å². The lowest BCUT2D eigenvalue weighted by Gasteiger charge is -2.35. The van der Waals surface area contributed by atoms with Crippen molar-refractivity contribution in [3.63, 3.8) is 0 Å². The smallest absolute Gasteiger partial charge is 0.339 e. The minimum atomic E-state index is -1.36. The Bertz CT molecular complexity index is 5660. The van der Waals surface area contributed by atoms with Gasteiger partial charge in [0.25, 0.3) is 0 Å². The molecule has 21 heteroatoms. The van der Waals surface area contributed by atoms with Crippen LogP contribution in [0.5, 0.6) is 11.5 Å². The van der Waals surface area contributed by atoms with Crippen LogP contribution >= 0.6 is 0 Å². The summed E-state index contributed by atoms with van der Waals surface area (Å²) in [4.78, 5) is 55.0. The molecule has 6 N–H and O–H groups in total. The van der Waals surface area contributed by atoms with Crippen LogP contribution in [0.1, 0.15) is 197 Å². The summed E-state index contributed by atoms with van der Waals surface area (Å²) < 4.78 is 62.7. The fourth-order valence-electron chi connectivity index (χ4n) is 19.0. The molecule has 14 rings (SSSR count). The number of rotatable bonds is 52. The van der Waals surface area contributed by atoms with Crippen LogP contribution in [-0.4, -0.2) is 188 Å². The number of fused-ring (bicyclic) bond motifs is 9. The van der Waals surface area contributed by atoms with E-state index in [9.17, 15) is 39.6 Å². The Balaban J connectivity index is 0.919. The Morgan fingerprint density at radius 1 is 0.302 bits per heavy atom. The summed E-state index contributed by atoms with van der Waals surface area (Å²) in [5.41, 5.74) is 17.8. The van der Waals surface area contributed by atoms with E-state index in [0.717, 1.165) is 159 Å². The van der Waals surface area contributed by atoms with Gasteiger partial charge in [-0.1, -0.05) is 204 Å². The standard InChI is InChI=1S/C108H116O21/c1-6-8-10-12-18-71-58-72(19-13-11-9-7-2)60-83(59-71)106(3)96-61-73(75-28-36-88-84-20-14-16-22-94(84)107(98(88)63-75,81-32-38-100(120-5)92(67-81)104(115)116)79-30-24-77(90(65-79)102(111)112)69-127-54-52-124-48-46-121-42-40-109)26-34-86(96)87-35-27-74(62-97(87)106)76-29-37-89-85-21-15-17-23-95(85)108(99(89)64-76,80-31-25-78(91(66-80)103(113)114)70-128-55-53-125-49-47-122-43-41-110)82-33-39-101(93(68-82)105(117)118)129-57-56-126-51-50-123-45-44-119-4/h14-17,20-39,58-68,109-110H,6-13,18-19,40-57,69-70H2,1-5H3,(H,111,112)(H,113,114)(H,115,116)(H,117,118). The fraction of sp³-hybridized carbons (Fsp3) is 0.352. The number of hydrogen-bond acceptors (Lipinski definition) is 17. The van der Waals surface area contributed by atoms with Gasteiger partial charge in [0.2, 0.25) is 0 Å². The highest BCUT2D eigenvalue weighted by Crippen LogP contribution is 2.61. The van der Waals surface area contributed by atoms with Gasteiger partial charge in [-0.25, -0.2) is 19.2 Å². The minimum absolute atomic E-state index is 0.00197. The molecule has 21 nitrogen and oxygen atoms in total. The van der Waals surface area contributed by atoms with E-state index in [1.807, 2.05) is 60.7 Å². The molecule has 0 spiro atoms. The lowest BCUT2D eigenvalue weighted by Crippen LogP contribution is -2.30. The van der Waals surface area contributed by atoms with Crippen LogP contribution in [0.2, 0.25) is 0 Å². The Morgan fingerprint density at radius 3 is 1.04 bits per heavy atom. The van der Waals surface area contributed by atoms with Gasteiger partial charge in [0.05, 0.1) is 155 Å². The summed E-state index contributed by atoms with van der Waals surface area (Å²) in [6.45, 7) is 10.6. The number of methoxy groups -OCH3 is 2. The fourth-order valence-corrected chi connectivity index (χ4v) is 19.0. The van der Waals surface area contributed by atoms with Crippen molar-refractivity contribution in [2.24, 2.45) is 0 Å². The summed E-state index contributed by atoms with van der Waals surface area (Å²) >= 11 is 0. The van der Waals surface area contributed by atoms with Gasteiger partial charge in [-0.05, 0) is 232 Å². The van der Waals surface area contributed by atoms with Gasteiger partial charge in [0, 0.05) is 12.5 Å². The SMILES string of the molecule is CCCCCCc1cc(CCCCCC)cc(C2(C)c3cc(-c4ccc5c(c4)C(c4ccc(COCCOCCOCCO)c(C(=O)O)c4)(c4ccc(OC)c(C(=O)O)c4)c4ccccc4-5)ccc3-c3ccc(-c4ccc5c(c4)C(c4ccc(COCCOCCOCCO)c(C(=O)O)c4)(c4ccc(OCCOCCOCCOC)c(C(=O)O)c4)c4ccccc4-5)cc32)c1. The number of ether oxygens (including phenoxy) is 11. The number of unbranched alkanes of at least 4 members (excludes halogenated alkanes) is 6. The van der Waals surface area contributed by atoms with E-state index in [-0.39, 0.29) is 120 Å². The molecule has 0 heterocycles. The second-order valence-electron chi connectivity index (χ2n) is 33.1. The lowest BCUT2D eigenvalue weighted by molar-refractivity contribution is 0.00435. The monoisotopic (exact) mass is 1750 g/mol. The molecule has 3 aliphatic rings. The number of aliphatic hydroxyl groups is 2. The zero-order valence-electron chi connectivity index (χ0n) is 74.2. The molecule has 0 amide bonds. The van der Waals surface area contributed by atoms with E-state index in [1.165, 1.54) is 18.2 Å². The van der Waals surface area contributed by atoms with Crippen molar-refractivity contribution in [1.82, 2.24) is 0 Å². The van der Waals surface area contributed by atoms with E-state index in [4.69, 9.17) is 62.3 Å². The molecule has 11 aromatic carbocycles. The molecule has 0 aromatic heterocycles. The van der Waals surface area contributed by atoms with Crippen molar-refractivity contribution in [3.8, 4) is 67.1 Å². The summed E-state index contributed by atoms with van der Waals surface area (Å²) in [6.07, 6.45) is 10.6. The van der Waals surface area contributed by atoms with E-state index in [0.29, 0.717) is 79.6 Å². The van der Waals surface area contributed by atoms with Crippen molar-refractivity contribution in [3.05, 3.63) is 318 Å². The van der Waals surface area contributed by atoms with Crippen molar-refractivity contribution in [2.75, 3.05) is 133 Å². The Morgan fingerprint density at radius 2 is 0.643 bits per heavy atom.